The van der Waals surface area contributed by atoms with Gasteiger partial charge < -0.3 is 4.90 Å². The highest BCUT2D eigenvalue weighted by molar-refractivity contribution is 8.13. The lowest BCUT2D eigenvalue weighted by atomic mass is 10.2. The van der Waals surface area contributed by atoms with Gasteiger partial charge in [0, 0.05) is 13.1 Å². The number of hydrogen-bond donors (Lipinski definition) is 1. The van der Waals surface area contributed by atoms with Crippen LogP contribution in [0.15, 0.2) is 0 Å². The maximum atomic E-state index is 7.77. The van der Waals surface area contributed by atoms with Crippen LogP contribution in [0.5, 0.6) is 0 Å². The van der Waals surface area contributed by atoms with E-state index in [1.807, 2.05) is 0 Å². The normalized spacial score (nSPS) is 18.9. The highest BCUT2D eigenvalue weighted by Crippen LogP contribution is 2.14. The number of rotatable bonds is 1. The van der Waals surface area contributed by atoms with Crippen molar-refractivity contribution in [3.05, 3.63) is 0 Å². The molecule has 1 N–H and O–H groups in total. The minimum Gasteiger partial charge on any atom is -0.352 e. The van der Waals surface area contributed by atoms with E-state index in [1.165, 1.54) is 25.7 Å². The third-order valence-electron chi connectivity index (χ3n) is 2.17. The zero-order valence-corrected chi connectivity index (χ0v) is 8.62. The number of nitrogens with one attached hydrogen (secondary N) is 1. The Morgan fingerprint density at radius 3 is 2.33 bits per heavy atom. The molecule has 0 saturated carbocycles. The van der Waals surface area contributed by atoms with Crippen LogP contribution in [-0.4, -0.2) is 28.9 Å². The van der Waals surface area contributed by atoms with Gasteiger partial charge in [-0.1, -0.05) is 31.5 Å². The molecule has 0 amide bonds. The molecule has 70 valence electrons. The van der Waals surface area contributed by atoms with Crippen LogP contribution in [0.1, 0.15) is 32.6 Å². The summed E-state index contributed by atoms with van der Waals surface area (Å²) in [5.41, 5.74) is 0. The molecule has 1 saturated heterocycles. The summed E-state index contributed by atoms with van der Waals surface area (Å²) in [5.74, 6) is 1.02. The fraction of sp³-hybridized carbons (Fsp3) is 0.889. The molecule has 0 radical (unpaired) electrons. The summed E-state index contributed by atoms with van der Waals surface area (Å²) in [6, 6.07) is 0. The molecule has 1 aliphatic rings. The summed E-state index contributed by atoms with van der Waals surface area (Å²) in [7, 11) is 0. The maximum Gasteiger partial charge on any atom is 0.156 e. The molecule has 0 bridgehead atoms. The van der Waals surface area contributed by atoms with Crippen LogP contribution in [-0.2, 0) is 0 Å². The first kappa shape index (κ1) is 9.90. The molecule has 12 heavy (non-hydrogen) atoms. The third kappa shape index (κ3) is 3.05. The van der Waals surface area contributed by atoms with Crippen molar-refractivity contribution < 1.29 is 0 Å². The van der Waals surface area contributed by atoms with Gasteiger partial charge in [0.25, 0.3) is 0 Å². The average molecular weight is 186 g/mol. The molecule has 0 unspecified atom stereocenters. The van der Waals surface area contributed by atoms with Crippen LogP contribution >= 0.6 is 11.8 Å². The smallest absolute Gasteiger partial charge is 0.156 e. The van der Waals surface area contributed by atoms with Crippen molar-refractivity contribution in [1.82, 2.24) is 4.90 Å². The molecule has 0 aliphatic carbocycles. The second kappa shape index (κ2) is 5.46. The van der Waals surface area contributed by atoms with Crippen molar-refractivity contribution >= 4 is 16.9 Å². The summed E-state index contributed by atoms with van der Waals surface area (Å²) in [5, 5.41) is 8.55. The Balaban J connectivity index is 2.32. The predicted octanol–water partition coefficient (Wildman–Crippen LogP) is 2.55. The Morgan fingerprint density at radius 2 is 1.83 bits per heavy atom. The van der Waals surface area contributed by atoms with E-state index < -0.39 is 0 Å². The molecule has 1 heterocycles. The molecular formula is C9H18N2S. The fourth-order valence-corrected chi connectivity index (χ4v) is 2.14. The molecule has 3 heteroatoms. The molecule has 1 fully saturated rings. The summed E-state index contributed by atoms with van der Waals surface area (Å²) in [4.78, 5) is 2.22. The molecule has 0 aromatic carbocycles. The molecule has 0 atom stereocenters. The largest absolute Gasteiger partial charge is 0.352 e. The van der Waals surface area contributed by atoms with Crippen molar-refractivity contribution in [2.24, 2.45) is 0 Å². The summed E-state index contributed by atoms with van der Waals surface area (Å²) >= 11 is 1.66. The van der Waals surface area contributed by atoms with Crippen molar-refractivity contribution in [3.63, 3.8) is 0 Å². The van der Waals surface area contributed by atoms with E-state index in [-0.39, 0.29) is 0 Å². The van der Waals surface area contributed by atoms with Crippen LogP contribution in [0.3, 0.4) is 0 Å². The van der Waals surface area contributed by atoms with Gasteiger partial charge in [0.15, 0.2) is 5.17 Å². The van der Waals surface area contributed by atoms with Crippen LogP contribution in [0.25, 0.3) is 0 Å². The van der Waals surface area contributed by atoms with Crippen molar-refractivity contribution in [2.45, 2.75) is 32.6 Å². The SMILES string of the molecule is CCSC(=N)N1CCCCCC1. The molecule has 1 aliphatic heterocycles. The number of nitrogens with zero attached hydrogens (tertiary/aromatic N) is 1. The van der Waals surface area contributed by atoms with Gasteiger partial charge in [-0.05, 0) is 18.6 Å². The lowest BCUT2D eigenvalue weighted by Crippen LogP contribution is -2.29. The van der Waals surface area contributed by atoms with Gasteiger partial charge in [-0.3, -0.25) is 5.41 Å². The molecule has 0 aromatic heterocycles. The standard InChI is InChI=1S/C9H18N2S/c1-2-12-9(10)11-7-5-3-4-6-8-11/h10H,2-8H2,1H3. The van der Waals surface area contributed by atoms with E-state index in [1.54, 1.807) is 11.8 Å². The van der Waals surface area contributed by atoms with Gasteiger partial charge in [0.2, 0.25) is 0 Å². The highest BCUT2D eigenvalue weighted by atomic mass is 32.2. The Kier molecular flexibility index (Phi) is 4.51. The van der Waals surface area contributed by atoms with Gasteiger partial charge in [-0.2, -0.15) is 0 Å². The maximum absolute atomic E-state index is 7.77. The monoisotopic (exact) mass is 186 g/mol. The number of likely N-dealkylation sites (tertiary alicyclic amines) is 1. The van der Waals surface area contributed by atoms with E-state index in [2.05, 4.69) is 11.8 Å². The van der Waals surface area contributed by atoms with Crippen molar-refractivity contribution in [2.75, 3.05) is 18.8 Å². The van der Waals surface area contributed by atoms with Crippen molar-refractivity contribution in [1.29, 1.82) is 5.41 Å². The predicted molar refractivity (Wildman–Crippen MR) is 55.9 cm³/mol. The number of amidine groups is 1. The van der Waals surface area contributed by atoms with E-state index in [0.29, 0.717) is 0 Å². The second-order valence-electron chi connectivity index (χ2n) is 3.14. The van der Waals surface area contributed by atoms with Crippen molar-refractivity contribution in [3.8, 4) is 0 Å². The van der Waals surface area contributed by atoms with Gasteiger partial charge in [-0.15, -0.1) is 0 Å². The van der Waals surface area contributed by atoms with E-state index in [9.17, 15) is 0 Å². The highest BCUT2D eigenvalue weighted by Gasteiger charge is 2.11. The van der Waals surface area contributed by atoms with Gasteiger partial charge in [0.05, 0.1) is 0 Å². The summed E-state index contributed by atoms with van der Waals surface area (Å²) in [6.07, 6.45) is 5.24. The lowest BCUT2D eigenvalue weighted by molar-refractivity contribution is 0.441. The molecule has 1 rings (SSSR count). The minimum absolute atomic E-state index is 0.777. The lowest BCUT2D eigenvalue weighted by Gasteiger charge is -2.21. The van der Waals surface area contributed by atoms with E-state index >= 15 is 0 Å². The van der Waals surface area contributed by atoms with Gasteiger partial charge in [-0.25, -0.2) is 0 Å². The first-order chi connectivity index (χ1) is 5.84. The Morgan fingerprint density at radius 1 is 1.25 bits per heavy atom. The molecular weight excluding hydrogens is 168 g/mol. The van der Waals surface area contributed by atoms with Crippen LogP contribution in [0.2, 0.25) is 0 Å². The zero-order chi connectivity index (χ0) is 8.81. The van der Waals surface area contributed by atoms with Crippen LogP contribution < -0.4 is 0 Å². The zero-order valence-electron chi connectivity index (χ0n) is 7.81. The Hall–Kier alpha value is -0.180. The Labute approximate surface area is 79.2 Å². The summed E-state index contributed by atoms with van der Waals surface area (Å²) < 4.78 is 0. The Bertz CT molecular complexity index is 139. The quantitative estimate of drug-likeness (QED) is 0.503. The topological polar surface area (TPSA) is 27.1 Å². The van der Waals surface area contributed by atoms with Gasteiger partial charge in [0.1, 0.15) is 0 Å². The summed E-state index contributed by atoms with van der Waals surface area (Å²) in [6.45, 7) is 4.31. The molecule has 0 spiro atoms. The molecule has 2 nitrogen and oxygen atoms in total. The van der Waals surface area contributed by atoms with Crippen LogP contribution in [0, 0.1) is 5.41 Å². The third-order valence-corrected chi connectivity index (χ3v) is 2.99. The molecule has 0 aromatic rings. The van der Waals surface area contributed by atoms with E-state index in [4.69, 9.17) is 5.41 Å². The minimum atomic E-state index is 0.777. The first-order valence-corrected chi connectivity index (χ1v) is 5.79. The number of hydrogen-bond acceptors (Lipinski definition) is 2. The second-order valence-corrected chi connectivity index (χ2v) is 4.39. The van der Waals surface area contributed by atoms with Gasteiger partial charge >= 0.3 is 0 Å². The van der Waals surface area contributed by atoms with Crippen LogP contribution in [0.4, 0.5) is 0 Å². The number of thioether (sulfide) groups is 1. The first-order valence-electron chi connectivity index (χ1n) is 4.81. The fourth-order valence-electron chi connectivity index (χ4n) is 1.50. The van der Waals surface area contributed by atoms with E-state index in [0.717, 1.165) is 24.0 Å². The average Bonchev–Trinajstić information content (AvgIpc) is 2.32.